The molecule has 1 aliphatic rings. The van der Waals surface area contributed by atoms with E-state index in [1.807, 2.05) is 17.9 Å². The molecule has 1 saturated heterocycles. The Balaban J connectivity index is 1.73. The molecule has 2 N–H and O–H groups in total. The Hall–Kier alpha value is -0.910. The van der Waals surface area contributed by atoms with Crippen molar-refractivity contribution in [1.82, 2.24) is 19.6 Å². The van der Waals surface area contributed by atoms with E-state index in [2.05, 4.69) is 27.9 Å². The Labute approximate surface area is 116 Å². The lowest BCUT2D eigenvalue weighted by Gasteiger charge is -2.38. The molecular formula is C14H27N5. The number of aryl methyl sites for hydroxylation is 1. The summed E-state index contributed by atoms with van der Waals surface area (Å²) in [6.45, 7) is 8.77. The van der Waals surface area contributed by atoms with E-state index in [9.17, 15) is 0 Å². The van der Waals surface area contributed by atoms with Crippen molar-refractivity contribution in [2.45, 2.75) is 25.8 Å². The van der Waals surface area contributed by atoms with Crippen LogP contribution in [0.2, 0.25) is 0 Å². The molecule has 0 radical (unpaired) electrons. The minimum atomic E-state index is 0.569. The maximum absolute atomic E-state index is 5.82. The van der Waals surface area contributed by atoms with Crippen LogP contribution in [0.25, 0.3) is 0 Å². The van der Waals surface area contributed by atoms with Gasteiger partial charge in [0.2, 0.25) is 0 Å². The van der Waals surface area contributed by atoms with E-state index in [1.54, 1.807) is 0 Å². The molecule has 2 heterocycles. The van der Waals surface area contributed by atoms with Crippen molar-refractivity contribution in [3.05, 3.63) is 18.0 Å². The van der Waals surface area contributed by atoms with Crippen LogP contribution in [0.3, 0.4) is 0 Å². The molecule has 2 rings (SSSR count). The Morgan fingerprint density at radius 1 is 1.32 bits per heavy atom. The Morgan fingerprint density at radius 3 is 2.58 bits per heavy atom. The van der Waals surface area contributed by atoms with Crippen LogP contribution >= 0.6 is 0 Å². The third-order valence-electron chi connectivity index (χ3n) is 4.27. The number of nitrogens with two attached hydrogens (primary N) is 1. The van der Waals surface area contributed by atoms with Gasteiger partial charge in [-0.05, 0) is 12.5 Å². The van der Waals surface area contributed by atoms with Crippen LogP contribution in [0.4, 0.5) is 0 Å². The molecule has 5 nitrogen and oxygen atoms in total. The third kappa shape index (κ3) is 3.78. The van der Waals surface area contributed by atoms with Gasteiger partial charge in [-0.1, -0.05) is 6.92 Å². The van der Waals surface area contributed by atoms with E-state index in [0.29, 0.717) is 6.04 Å². The van der Waals surface area contributed by atoms with Crippen molar-refractivity contribution in [3.8, 4) is 0 Å². The lowest BCUT2D eigenvalue weighted by atomic mass is 10.1. The molecule has 5 heteroatoms. The highest BCUT2D eigenvalue weighted by Gasteiger charge is 2.21. The molecule has 0 aliphatic carbocycles. The SMILES string of the molecule is CCC(CN)N1CCN(CCc2ccnn2C)CC1. The second kappa shape index (κ2) is 7.03. The highest BCUT2D eigenvalue weighted by atomic mass is 15.3. The fourth-order valence-electron chi connectivity index (χ4n) is 2.85. The van der Waals surface area contributed by atoms with E-state index in [4.69, 9.17) is 5.73 Å². The number of piperazine rings is 1. The van der Waals surface area contributed by atoms with Crippen LogP contribution in [0.5, 0.6) is 0 Å². The number of hydrogen-bond acceptors (Lipinski definition) is 4. The molecule has 1 fully saturated rings. The molecule has 1 atom stereocenters. The summed E-state index contributed by atoms with van der Waals surface area (Å²) in [5.74, 6) is 0. The summed E-state index contributed by atoms with van der Waals surface area (Å²) in [6, 6.07) is 2.68. The minimum Gasteiger partial charge on any atom is -0.329 e. The molecule has 1 aromatic rings. The van der Waals surface area contributed by atoms with Crippen molar-refractivity contribution in [2.24, 2.45) is 12.8 Å². The van der Waals surface area contributed by atoms with Gasteiger partial charge in [0, 0.05) is 70.7 Å². The van der Waals surface area contributed by atoms with Crippen molar-refractivity contribution < 1.29 is 0 Å². The lowest BCUT2D eigenvalue weighted by molar-refractivity contribution is 0.0972. The van der Waals surface area contributed by atoms with Crippen LogP contribution in [0.1, 0.15) is 19.0 Å². The summed E-state index contributed by atoms with van der Waals surface area (Å²) in [7, 11) is 2.01. The predicted octanol–water partition coefficient (Wildman–Crippen LogP) is 0.318. The molecule has 0 aromatic carbocycles. The molecule has 0 bridgehead atoms. The van der Waals surface area contributed by atoms with Gasteiger partial charge in [0.25, 0.3) is 0 Å². The van der Waals surface area contributed by atoms with Crippen molar-refractivity contribution >= 4 is 0 Å². The molecular weight excluding hydrogens is 238 g/mol. The lowest BCUT2D eigenvalue weighted by Crippen LogP contribution is -2.52. The van der Waals surface area contributed by atoms with Crippen molar-refractivity contribution in [2.75, 3.05) is 39.3 Å². The van der Waals surface area contributed by atoms with E-state index in [0.717, 1.165) is 52.1 Å². The second-order valence-corrected chi connectivity index (χ2v) is 5.37. The fourth-order valence-corrected chi connectivity index (χ4v) is 2.85. The first-order chi connectivity index (χ1) is 9.24. The van der Waals surface area contributed by atoms with Crippen LogP contribution < -0.4 is 5.73 Å². The van der Waals surface area contributed by atoms with Gasteiger partial charge >= 0.3 is 0 Å². The van der Waals surface area contributed by atoms with Gasteiger partial charge < -0.3 is 10.6 Å². The first-order valence-electron chi connectivity index (χ1n) is 7.38. The second-order valence-electron chi connectivity index (χ2n) is 5.37. The van der Waals surface area contributed by atoms with E-state index >= 15 is 0 Å². The molecule has 1 aromatic heterocycles. The highest BCUT2D eigenvalue weighted by Crippen LogP contribution is 2.09. The van der Waals surface area contributed by atoms with E-state index in [-0.39, 0.29) is 0 Å². The minimum absolute atomic E-state index is 0.569. The summed E-state index contributed by atoms with van der Waals surface area (Å²) in [5, 5.41) is 4.21. The van der Waals surface area contributed by atoms with Gasteiger partial charge in [0.05, 0.1) is 0 Å². The summed E-state index contributed by atoms with van der Waals surface area (Å²) in [6.07, 6.45) is 4.12. The van der Waals surface area contributed by atoms with E-state index in [1.165, 1.54) is 5.69 Å². The summed E-state index contributed by atoms with van der Waals surface area (Å²) >= 11 is 0. The Kier molecular flexibility index (Phi) is 5.36. The quantitative estimate of drug-likeness (QED) is 0.805. The normalized spacial score (nSPS) is 19.7. The first kappa shape index (κ1) is 14.5. The van der Waals surface area contributed by atoms with Crippen LogP contribution in [0.15, 0.2) is 12.3 Å². The van der Waals surface area contributed by atoms with Gasteiger partial charge in [-0.15, -0.1) is 0 Å². The van der Waals surface area contributed by atoms with E-state index < -0.39 is 0 Å². The standard InChI is InChI=1S/C14H27N5/c1-3-13(12-15)19-10-8-18(9-11-19)7-5-14-4-6-16-17(14)2/h4,6,13H,3,5,7-12,15H2,1-2H3. The zero-order chi connectivity index (χ0) is 13.7. The number of nitrogens with zero attached hydrogens (tertiary/aromatic N) is 4. The smallest absolute Gasteiger partial charge is 0.0492 e. The number of aromatic nitrogens is 2. The zero-order valence-electron chi connectivity index (χ0n) is 12.3. The van der Waals surface area contributed by atoms with Crippen molar-refractivity contribution in [3.63, 3.8) is 0 Å². The van der Waals surface area contributed by atoms with Crippen molar-refractivity contribution in [1.29, 1.82) is 0 Å². The molecule has 1 unspecified atom stereocenters. The average Bonchev–Trinajstić information content (AvgIpc) is 2.85. The molecule has 108 valence electrons. The first-order valence-corrected chi connectivity index (χ1v) is 7.38. The maximum atomic E-state index is 5.82. The fraction of sp³-hybridized carbons (Fsp3) is 0.786. The molecule has 0 spiro atoms. The average molecular weight is 265 g/mol. The van der Waals surface area contributed by atoms with Gasteiger partial charge in [0.15, 0.2) is 0 Å². The van der Waals surface area contributed by atoms with Crippen LogP contribution in [-0.2, 0) is 13.5 Å². The molecule has 19 heavy (non-hydrogen) atoms. The Bertz CT molecular complexity index is 364. The number of hydrogen-bond donors (Lipinski definition) is 1. The summed E-state index contributed by atoms with van der Waals surface area (Å²) in [4.78, 5) is 5.09. The van der Waals surface area contributed by atoms with Crippen LogP contribution in [0, 0.1) is 0 Å². The molecule has 0 saturated carbocycles. The topological polar surface area (TPSA) is 50.3 Å². The summed E-state index contributed by atoms with van der Waals surface area (Å²) in [5.41, 5.74) is 7.14. The third-order valence-corrected chi connectivity index (χ3v) is 4.27. The zero-order valence-corrected chi connectivity index (χ0v) is 12.3. The number of rotatable bonds is 6. The van der Waals surface area contributed by atoms with Gasteiger partial charge in [-0.3, -0.25) is 9.58 Å². The monoisotopic (exact) mass is 265 g/mol. The van der Waals surface area contributed by atoms with Crippen LogP contribution in [-0.4, -0.2) is 64.9 Å². The van der Waals surface area contributed by atoms with Gasteiger partial charge in [-0.2, -0.15) is 5.10 Å². The van der Waals surface area contributed by atoms with Gasteiger partial charge in [0.1, 0.15) is 0 Å². The molecule has 0 amide bonds. The predicted molar refractivity (Wildman–Crippen MR) is 78.1 cm³/mol. The molecule has 1 aliphatic heterocycles. The maximum Gasteiger partial charge on any atom is 0.0492 e. The van der Waals surface area contributed by atoms with Gasteiger partial charge in [-0.25, -0.2) is 0 Å². The highest BCUT2D eigenvalue weighted by molar-refractivity contribution is 5.00. The Morgan fingerprint density at radius 2 is 2.05 bits per heavy atom. The largest absolute Gasteiger partial charge is 0.329 e. The summed E-state index contributed by atoms with van der Waals surface area (Å²) < 4.78 is 1.97.